The molecule has 4 heteroatoms. The zero-order valence-corrected chi connectivity index (χ0v) is 14.1. The number of aliphatic hydroxyl groups excluding tert-OH is 1. The maximum atomic E-state index is 12.4. The standard InChI is InChI=1S/C20H27NO3/c22-19-12-24-11-17(19)14-7-5-13(6-8-14)9-16-10-15-3-1-2-4-18(15)21-20(16)23/h5-8,15-19,22H,1-4,9-12H2,(H,21,23). The van der Waals surface area contributed by atoms with Gasteiger partial charge in [0.05, 0.1) is 19.3 Å². The molecule has 4 nitrogen and oxygen atoms in total. The lowest BCUT2D eigenvalue weighted by Gasteiger charge is -2.39. The summed E-state index contributed by atoms with van der Waals surface area (Å²) in [6.07, 6.45) is 6.44. The summed E-state index contributed by atoms with van der Waals surface area (Å²) in [6.45, 7) is 1.02. The zero-order chi connectivity index (χ0) is 16.5. The number of piperidine rings is 1. The molecule has 130 valence electrons. The van der Waals surface area contributed by atoms with E-state index in [1.807, 2.05) is 0 Å². The van der Waals surface area contributed by atoms with E-state index in [1.165, 1.54) is 24.8 Å². The van der Waals surface area contributed by atoms with Gasteiger partial charge in [-0.2, -0.15) is 0 Å². The fourth-order valence-corrected chi connectivity index (χ4v) is 4.68. The normalized spacial score (nSPS) is 36.2. The molecule has 1 aromatic rings. The molecule has 0 spiro atoms. The summed E-state index contributed by atoms with van der Waals surface area (Å²) in [7, 11) is 0. The summed E-state index contributed by atoms with van der Waals surface area (Å²) in [5, 5.41) is 13.2. The van der Waals surface area contributed by atoms with Crippen molar-refractivity contribution in [3.8, 4) is 0 Å². The summed E-state index contributed by atoms with van der Waals surface area (Å²) in [5.41, 5.74) is 2.34. The van der Waals surface area contributed by atoms with E-state index in [4.69, 9.17) is 4.74 Å². The Hall–Kier alpha value is -1.39. The third-order valence-corrected chi connectivity index (χ3v) is 6.14. The van der Waals surface area contributed by atoms with E-state index in [-0.39, 0.29) is 17.7 Å². The van der Waals surface area contributed by atoms with Crippen molar-refractivity contribution in [2.75, 3.05) is 13.2 Å². The van der Waals surface area contributed by atoms with Crippen LogP contribution in [0.2, 0.25) is 0 Å². The molecule has 5 atom stereocenters. The number of carbonyl (C=O) groups is 1. The Labute approximate surface area is 143 Å². The number of ether oxygens (including phenoxy) is 1. The highest BCUT2D eigenvalue weighted by atomic mass is 16.5. The first-order chi connectivity index (χ1) is 11.7. The lowest BCUT2D eigenvalue weighted by atomic mass is 9.74. The van der Waals surface area contributed by atoms with Crippen molar-refractivity contribution in [2.24, 2.45) is 11.8 Å². The van der Waals surface area contributed by atoms with E-state index in [1.54, 1.807) is 0 Å². The van der Waals surface area contributed by atoms with Gasteiger partial charge in [-0.1, -0.05) is 37.1 Å². The molecule has 24 heavy (non-hydrogen) atoms. The van der Waals surface area contributed by atoms with Crippen LogP contribution in [-0.2, 0) is 16.0 Å². The predicted octanol–water partition coefficient (Wildman–Crippen LogP) is 2.40. The Kier molecular flexibility index (Phi) is 4.59. The largest absolute Gasteiger partial charge is 0.390 e. The Bertz CT molecular complexity index is 585. The van der Waals surface area contributed by atoms with Gasteiger partial charge in [0.2, 0.25) is 5.91 Å². The molecule has 4 rings (SSSR count). The second-order valence-electron chi connectivity index (χ2n) is 7.75. The van der Waals surface area contributed by atoms with Crippen LogP contribution in [0.4, 0.5) is 0 Å². The molecule has 1 saturated carbocycles. The second kappa shape index (κ2) is 6.85. The molecular formula is C20H27NO3. The molecule has 5 unspecified atom stereocenters. The van der Waals surface area contributed by atoms with Crippen LogP contribution in [0.15, 0.2) is 24.3 Å². The first-order valence-electron chi connectivity index (χ1n) is 9.36. The molecule has 0 radical (unpaired) electrons. The van der Waals surface area contributed by atoms with Crippen molar-refractivity contribution in [3.63, 3.8) is 0 Å². The van der Waals surface area contributed by atoms with Crippen LogP contribution in [0.3, 0.4) is 0 Å². The summed E-state index contributed by atoms with van der Waals surface area (Å²) in [5.74, 6) is 1.10. The molecule has 3 aliphatic rings. The highest BCUT2D eigenvalue weighted by Crippen LogP contribution is 2.34. The van der Waals surface area contributed by atoms with Gasteiger partial charge in [-0.15, -0.1) is 0 Å². The smallest absolute Gasteiger partial charge is 0.223 e. The van der Waals surface area contributed by atoms with Gasteiger partial charge in [-0.3, -0.25) is 4.79 Å². The molecule has 2 N–H and O–H groups in total. The molecule has 1 aromatic carbocycles. The van der Waals surface area contributed by atoms with E-state index in [0.717, 1.165) is 24.8 Å². The molecule has 0 aromatic heterocycles. The average Bonchev–Trinajstić information content (AvgIpc) is 3.02. The van der Waals surface area contributed by atoms with E-state index in [9.17, 15) is 9.90 Å². The molecule has 2 saturated heterocycles. The Balaban J connectivity index is 1.40. The van der Waals surface area contributed by atoms with Gasteiger partial charge in [0.15, 0.2) is 0 Å². The van der Waals surface area contributed by atoms with E-state index < -0.39 is 6.10 Å². The van der Waals surface area contributed by atoms with Gasteiger partial charge in [0.1, 0.15) is 0 Å². The highest BCUT2D eigenvalue weighted by molar-refractivity contribution is 5.80. The Morgan fingerprint density at radius 2 is 1.92 bits per heavy atom. The van der Waals surface area contributed by atoms with Crippen molar-refractivity contribution < 1.29 is 14.6 Å². The van der Waals surface area contributed by atoms with E-state index in [2.05, 4.69) is 29.6 Å². The molecule has 3 fully saturated rings. The quantitative estimate of drug-likeness (QED) is 0.895. The van der Waals surface area contributed by atoms with Gasteiger partial charge >= 0.3 is 0 Å². The minimum atomic E-state index is -0.400. The molecule has 2 aliphatic heterocycles. The number of fused-ring (bicyclic) bond motifs is 1. The monoisotopic (exact) mass is 329 g/mol. The molecule has 0 bridgehead atoms. The minimum absolute atomic E-state index is 0.0834. The van der Waals surface area contributed by atoms with Crippen molar-refractivity contribution in [3.05, 3.63) is 35.4 Å². The summed E-state index contributed by atoms with van der Waals surface area (Å²) >= 11 is 0. The number of carbonyl (C=O) groups excluding carboxylic acids is 1. The number of amides is 1. The van der Waals surface area contributed by atoms with Crippen LogP contribution in [0, 0.1) is 11.8 Å². The lowest BCUT2D eigenvalue weighted by Crippen LogP contribution is -2.51. The van der Waals surface area contributed by atoms with E-state index in [0.29, 0.717) is 25.2 Å². The third kappa shape index (κ3) is 3.22. The summed E-state index contributed by atoms with van der Waals surface area (Å²) in [6, 6.07) is 8.82. The average molecular weight is 329 g/mol. The Morgan fingerprint density at radius 1 is 1.12 bits per heavy atom. The SMILES string of the molecule is O=C1NC2CCCCC2CC1Cc1ccc(C2COCC2O)cc1. The molecule has 1 amide bonds. The van der Waals surface area contributed by atoms with Gasteiger partial charge < -0.3 is 15.2 Å². The van der Waals surface area contributed by atoms with Gasteiger partial charge in [-0.05, 0) is 42.7 Å². The zero-order valence-electron chi connectivity index (χ0n) is 14.1. The molecule has 1 aliphatic carbocycles. The van der Waals surface area contributed by atoms with Crippen LogP contribution >= 0.6 is 0 Å². The lowest BCUT2D eigenvalue weighted by molar-refractivity contribution is -0.129. The van der Waals surface area contributed by atoms with Crippen LogP contribution < -0.4 is 5.32 Å². The van der Waals surface area contributed by atoms with Crippen LogP contribution in [0.5, 0.6) is 0 Å². The topological polar surface area (TPSA) is 58.6 Å². The summed E-state index contributed by atoms with van der Waals surface area (Å²) in [4.78, 5) is 12.4. The van der Waals surface area contributed by atoms with Crippen molar-refractivity contribution in [1.82, 2.24) is 5.32 Å². The minimum Gasteiger partial charge on any atom is -0.390 e. The van der Waals surface area contributed by atoms with Gasteiger partial charge in [0.25, 0.3) is 0 Å². The first-order valence-corrected chi connectivity index (χ1v) is 9.36. The maximum Gasteiger partial charge on any atom is 0.223 e. The highest BCUT2D eigenvalue weighted by Gasteiger charge is 2.36. The number of nitrogens with one attached hydrogen (secondary N) is 1. The van der Waals surface area contributed by atoms with Crippen LogP contribution in [-0.4, -0.2) is 36.4 Å². The number of aliphatic hydroxyl groups is 1. The van der Waals surface area contributed by atoms with Crippen molar-refractivity contribution in [2.45, 2.75) is 56.6 Å². The predicted molar refractivity (Wildman–Crippen MR) is 91.7 cm³/mol. The second-order valence-corrected chi connectivity index (χ2v) is 7.75. The first kappa shape index (κ1) is 16.1. The van der Waals surface area contributed by atoms with Crippen LogP contribution in [0.25, 0.3) is 0 Å². The molecule has 2 heterocycles. The van der Waals surface area contributed by atoms with Gasteiger partial charge in [0, 0.05) is 17.9 Å². The molecular weight excluding hydrogens is 302 g/mol. The van der Waals surface area contributed by atoms with Crippen molar-refractivity contribution >= 4 is 5.91 Å². The fraction of sp³-hybridized carbons (Fsp3) is 0.650. The number of rotatable bonds is 3. The fourth-order valence-electron chi connectivity index (χ4n) is 4.68. The Morgan fingerprint density at radius 3 is 2.67 bits per heavy atom. The number of hydrogen-bond donors (Lipinski definition) is 2. The van der Waals surface area contributed by atoms with Gasteiger partial charge in [-0.25, -0.2) is 0 Å². The van der Waals surface area contributed by atoms with Crippen LogP contribution in [0.1, 0.15) is 49.1 Å². The number of hydrogen-bond acceptors (Lipinski definition) is 3. The summed E-state index contributed by atoms with van der Waals surface area (Å²) < 4.78 is 5.34. The maximum absolute atomic E-state index is 12.4. The van der Waals surface area contributed by atoms with E-state index >= 15 is 0 Å². The van der Waals surface area contributed by atoms with Crippen molar-refractivity contribution in [1.29, 1.82) is 0 Å². The number of benzene rings is 1. The third-order valence-electron chi connectivity index (χ3n) is 6.14.